The quantitative estimate of drug-likeness (QED) is 0.199. The fraction of sp³-hybridized carbons (Fsp3) is 0.736. The highest BCUT2D eigenvalue weighted by molar-refractivity contribution is 5.93. The first-order valence-corrected chi connectivity index (χ1v) is 23.9. The van der Waals surface area contributed by atoms with Gasteiger partial charge in [-0.15, -0.1) is 5.92 Å². The van der Waals surface area contributed by atoms with Gasteiger partial charge < -0.3 is 14.6 Å². The van der Waals surface area contributed by atoms with Crippen LogP contribution in [0.25, 0.3) is 0 Å². The molecule has 1 aromatic rings. The van der Waals surface area contributed by atoms with Gasteiger partial charge in [0.25, 0.3) is 0 Å². The Labute approximate surface area is 351 Å². The normalized spacial score (nSPS) is 39.1. The van der Waals surface area contributed by atoms with Gasteiger partial charge in [0.1, 0.15) is 12.4 Å². The van der Waals surface area contributed by atoms with Gasteiger partial charge in [-0.3, -0.25) is 9.59 Å². The van der Waals surface area contributed by atoms with Gasteiger partial charge in [-0.1, -0.05) is 50.5 Å². The Kier molecular flexibility index (Phi) is 12.7. The average molecular weight is 791 g/mol. The Bertz CT molecular complexity index is 1790. The maximum atomic E-state index is 11.7. The number of aryl methyl sites for hydroxylation is 1. The van der Waals surface area contributed by atoms with Crippen LogP contribution < -0.4 is 4.74 Å². The molecule has 1 aromatic carbocycles. The van der Waals surface area contributed by atoms with Crippen LogP contribution in [0, 0.1) is 88.8 Å². The first kappa shape index (κ1) is 41.9. The van der Waals surface area contributed by atoms with Crippen LogP contribution in [-0.2, 0) is 14.3 Å². The number of rotatable bonds is 9. The third-order valence-electron chi connectivity index (χ3n) is 18.4. The second-order valence-electron chi connectivity index (χ2n) is 20.9. The number of carboxylic acid groups (broad SMARTS) is 1. The molecule has 6 fully saturated rings. The van der Waals surface area contributed by atoms with Crippen LogP contribution >= 0.6 is 0 Å². The van der Waals surface area contributed by atoms with Crippen molar-refractivity contribution in [1.29, 1.82) is 0 Å². The Morgan fingerprint density at radius 1 is 0.862 bits per heavy atom. The molecule has 0 aromatic heterocycles. The number of para-hydroxylation sites is 1. The first-order valence-electron chi connectivity index (χ1n) is 23.9. The van der Waals surface area contributed by atoms with Crippen LogP contribution in [0.5, 0.6) is 5.75 Å². The van der Waals surface area contributed by atoms with E-state index in [9.17, 15) is 14.7 Å². The van der Waals surface area contributed by atoms with Gasteiger partial charge >= 0.3 is 5.97 Å². The predicted molar refractivity (Wildman–Crippen MR) is 232 cm³/mol. The zero-order chi connectivity index (χ0) is 40.6. The summed E-state index contributed by atoms with van der Waals surface area (Å²) in [5.74, 6) is 15.1. The van der Waals surface area contributed by atoms with Crippen LogP contribution in [0.1, 0.15) is 155 Å². The maximum Gasteiger partial charge on any atom is 0.303 e. The van der Waals surface area contributed by atoms with E-state index in [-0.39, 0.29) is 0 Å². The highest BCUT2D eigenvalue weighted by atomic mass is 16.5. The van der Waals surface area contributed by atoms with E-state index in [2.05, 4.69) is 45.6 Å². The first-order chi connectivity index (χ1) is 28.0. The van der Waals surface area contributed by atoms with Crippen LogP contribution in [-0.4, -0.2) is 36.2 Å². The van der Waals surface area contributed by atoms with Gasteiger partial charge in [0.15, 0.2) is 5.78 Å². The van der Waals surface area contributed by atoms with Gasteiger partial charge in [0, 0.05) is 18.8 Å². The summed E-state index contributed by atoms with van der Waals surface area (Å²) in [6.45, 7) is 12.9. The van der Waals surface area contributed by atoms with Crippen molar-refractivity contribution in [3.8, 4) is 17.6 Å². The average Bonchev–Trinajstić information content (AvgIpc) is 3.80. The number of allylic oxidation sites excluding steroid dienone is 4. The summed E-state index contributed by atoms with van der Waals surface area (Å²) < 4.78 is 12.3. The zero-order valence-corrected chi connectivity index (χ0v) is 36.7. The van der Waals surface area contributed by atoms with E-state index in [1.807, 2.05) is 31.2 Å². The highest BCUT2D eigenvalue weighted by Crippen LogP contribution is 2.68. The Morgan fingerprint density at radius 2 is 1.66 bits per heavy atom. The van der Waals surface area contributed by atoms with Gasteiger partial charge in [-0.2, -0.15) is 0 Å². The molecule has 316 valence electrons. The van der Waals surface area contributed by atoms with Gasteiger partial charge in [-0.25, -0.2) is 0 Å². The zero-order valence-electron chi connectivity index (χ0n) is 36.7. The van der Waals surface area contributed by atoms with Crippen molar-refractivity contribution in [2.45, 2.75) is 163 Å². The van der Waals surface area contributed by atoms with E-state index in [4.69, 9.17) is 9.47 Å². The lowest BCUT2D eigenvalue weighted by molar-refractivity contribution is -0.140. The molecule has 0 spiro atoms. The lowest BCUT2D eigenvalue weighted by Crippen LogP contribution is -2.54. The molecule has 9 rings (SSSR count). The predicted octanol–water partition coefficient (Wildman–Crippen LogP) is 12.4. The molecule has 0 radical (unpaired) electrons. The Hall–Kier alpha value is -2.84. The van der Waals surface area contributed by atoms with Crippen LogP contribution in [0.4, 0.5) is 0 Å². The fourth-order valence-electron chi connectivity index (χ4n) is 15.6. The van der Waals surface area contributed by atoms with Crippen molar-refractivity contribution < 1.29 is 24.2 Å². The van der Waals surface area contributed by atoms with Crippen molar-refractivity contribution in [2.24, 2.45) is 70.0 Å². The summed E-state index contributed by atoms with van der Waals surface area (Å²) in [7, 11) is 0. The third-order valence-corrected chi connectivity index (χ3v) is 18.4. The van der Waals surface area contributed by atoms with E-state index in [1.165, 1.54) is 101 Å². The molecule has 5 heteroatoms. The molecule has 58 heavy (non-hydrogen) atoms. The molecule has 13 unspecified atom stereocenters. The standard InChI is InChI=1S/C33H50O4.C20H24O/c1-22(9-14-31(34)35)27-12-13-28-26-11-10-24-21-25(36-19-20-37-30-8-6-5-7-23(30)2)15-17-32(24,3)29(26)16-18-33(27,28)4;1-2-3-13-4-7-18-16(13)10-11-19-17-9-6-15(21)12-14(17)5-8-20(18)19/h5-8,22,24-29H,9-21H2,1-4H3,(H,34,35);12-13,16,18,20H,4-11H2,1H3. The minimum atomic E-state index is -0.639. The lowest BCUT2D eigenvalue weighted by Gasteiger charge is -2.61. The summed E-state index contributed by atoms with van der Waals surface area (Å²) in [6.07, 6.45) is 24.9. The number of aliphatic carboxylic acids is 1. The topological polar surface area (TPSA) is 72.8 Å². The highest BCUT2D eigenvalue weighted by Gasteiger charge is 2.60. The van der Waals surface area contributed by atoms with E-state index >= 15 is 0 Å². The third kappa shape index (κ3) is 8.16. The molecule has 6 saturated carbocycles. The van der Waals surface area contributed by atoms with Crippen molar-refractivity contribution in [2.75, 3.05) is 13.2 Å². The number of ether oxygens (including phenoxy) is 2. The van der Waals surface area contributed by atoms with Crippen LogP contribution in [0.3, 0.4) is 0 Å². The molecular weight excluding hydrogens is 717 g/mol. The number of ketones is 1. The molecule has 1 N–H and O–H groups in total. The molecule has 5 nitrogen and oxygen atoms in total. The second-order valence-corrected chi connectivity index (χ2v) is 20.9. The lowest BCUT2D eigenvalue weighted by atomic mass is 9.44. The number of carboxylic acids is 1. The maximum absolute atomic E-state index is 11.7. The molecule has 0 heterocycles. The summed E-state index contributed by atoms with van der Waals surface area (Å²) in [5, 5.41) is 9.22. The number of hydrogen-bond acceptors (Lipinski definition) is 4. The van der Waals surface area contributed by atoms with E-state index in [1.54, 1.807) is 11.1 Å². The Balaban J connectivity index is 0.000000188. The van der Waals surface area contributed by atoms with Crippen LogP contribution in [0.2, 0.25) is 0 Å². The molecule has 0 bridgehead atoms. The van der Waals surface area contributed by atoms with E-state index in [0.29, 0.717) is 60.1 Å². The van der Waals surface area contributed by atoms with Crippen molar-refractivity contribution in [3.05, 3.63) is 52.6 Å². The monoisotopic (exact) mass is 791 g/mol. The largest absolute Gasteiger partial charge is 0.491 e. The summed E-state index contributed by atoms with van der Waals surface area (Å²) in [5.41, 5.74) is 6.79. The molecule has 8 aliphatic carbocycles. The number of hydrogen-bond donors (Lipinski definition) is 1. The van der Waals surface area contributed by atoms with E-state index in [0.717, 1.165) is 72.9 Å². The molecule has 0 saturated heterocycles. The molecule has 0 amide bonds. The smallest absolute Gasteiger partial charge is 0.303 e. The minimum absolute atomic E-state index is 0.325. The van der Waals surface area contributed by atoms with E-state index < -0.39 is 5.97 Å². The molecule has 13 atom stereocenters. The SMILES string of the molecule is CC#CC1CCC2C3CCC4=CC(=O)CCC4=C3CCC12.Cc1ccccc1OCCOC1CCC2(C)C(CCC3C2CCC2(C)C(C(C)CCC(=O)O)CCC32)C1. The number of fused-ring (bicyclic) bond motifs is 9. The summed E-state index contributed by atoms with van der Waals surface area (Å²) in [6, 6.07) is 8.21. The molecular formula is C53H74O5. The second kappa shape index (κ2) is 17.6. The number of carbonyl (C=O) groups is 2. The van der Waals surface area contributed by atoms with Crippen molar-refractivity contribution >= 4 is 11.8 Å². The fourth-order valence-corrected chi connectivity index (χ4v) is 15.6. The summed E-state index contributed by atoms with van der Waals surface area (Å²) in [4.78, 5) is 22.9. The number of carbonyl (C=O) groups excluding carboxylic acids is 1. The van der Waals surface area contributed by atoms with Crippen molar-refractivity contribution in [3.63, 3.8) is 0 Å². The Morgan fingerprint density at radius 3 is 2.47 bits per heavy atom. The number of benzene rings is 1. The minimum Gasteiger partial charge on any atom is -0.491 e. The van der Waals surface area contributed by atoms with Gasteiger partial charge in [0.05, 0.1) is 12.7 Å². The molecule has 8 aliphatic rings. The molecule has 0 aliphatic heterocycles. The van der Waals surface area contributed by atoms with Gasteiger partial charge in [0.2, 0.25) is 0 Å². The van der Waals surface area contributed by atoms with Crippen LogP contribution in [0.15, 0.2) is 47.1 Å². The van der Waals surface area contributed by atoms with Gasteiger partial charge in [-0.05, 0) is 216 Å². The summed E-state index contributed by atoms with van der Waals surface area (Å²) >= 11 is 0. The van der Waals surface area contributed by atoms with Crippen molar-refractivity contribution in [1.82, 2.24) is 0 Å².